The third-order valence-electron chi connectivity index (χ3n) is 3.47. The molecule has 96 valence electrons. The largest absolute Gasteiger partial charge is 0.424 e. The van der Waals surface area contributed by atoms with Crippen molar-refractivity contribution in [2.75, 3.05) is 0 Å². The highest BCUT2D eigenvalue weighted by Gasteiger charge is 2.42. The van der Waals surface area contributed by atoms with Crippen LogP contribution >= 0.6 is 0 Å². The van der Waals surface area contributed by atoms with E-state index in [1.165, 1.54) is 0 Å². The number of carbonyl (C=O) groups is 1. The predicted molar refractivity (Wildman–Crippen MR) is 72.0 cm³/mol. The number of esters is 1. The molecule has 3 nitrogen and oxygen atoms in total. The molecular weight excluding hydrogens is 227 g/mol. The van der Waals surface area contributed by atoms with E-state index in [4.69, 9.17) is 9.39 Å². The van der Waals surface area contributed by atoms with Crippen LogP contribution in [-0.2, 0) is 15.9 Å². The molecule has 0 N–H and O–H groups in total. The highest BCUT2D eigenvalue weighted by molar-refractivity contribution is 6.51. The number of rotatable bonds is 4. The lowest BCUT2D eigenvalue weighted by atomic mass is 9.61. The fraction of sp³-hybridized carbons (Fsp3) is 0.500. The first-order valence-corrected chi connectivity index (χ1v) is 6.57. The van der Waals surface area contributed by atoms with Crippen LogP contribution in [0.25, 0.3) is 0 Å². The second kappa shape index (κ2) is 5.15. The van der Waals surface area contributed by atoms with Gasteiger partial charge in [-0.1, -0.05) is 44.7 Å². The summed E-state index contributed by atoms with van der Waals surface area (Å²) in [5.41, 5.74) is 0.177. The fourth-order valence-corrected chi connectivity index (χ4v) is 2.31. The second-order valence-electron chi connectivity index (χ2n) is 4.96. The Bertz CT molecular complexity index is 442. The van der Waals surface area contributed by atoms with Crippen LogP contribution < -0.4 is 4.74 Å². The van der Waals surface area contributed by atoms with Gasteiger partial charge in [-0.05, 0) is 18.6 Å². The quantitative estimate of drug-likeness (QED) is 0.465. The van der Waals surface area contributed by atoms with Crippen molar-refractivity contribution in [2.45, 2.75) is 45.4 Å². The molecule has 1 atom stereocenters. The highest BCUT2D eigenvalue weighted by Crippen LogP contribution is 2.33. The van der Waals surface area contributed by atoms with Crippen molar-refractivity contribution in [2.24, 2.45) is 0 Å². The Kier molecular flexibility index (Phi) is 3.76. The molecule has 2 rings (SSSR count). The number of fused-ring (bicyclic) bond motifs is 1. The number of para-hydroxylation sites is 1. The SMILES string of the molecule is CCB(CC)OC1(C)Cc2ccccc2OC1=O. The van der Waals surface area contributed by atoms with Gasteiger partial charge in [0.1, 0.15) is 5.75 Å². The van der Waals surface area contributed by atoms with Gasteiger partial charge < -0.3 is 9.39 Å². The van der Waals surface area contributed by atoms with Crippen LogP contribution in [-0.4, -0.2) is 18.5 Å². The lowest BCUT2D eigenvalue weighted by Gasteiger charge is -2.35. The minimum atomic E-state index is -0.856. The van der Waals surface area contributed by atoms with Crippen molar-refractivity contribution in [3.05, 3.63) is 29.8 Å². The van der Waals surface area contributed by atoms with E-state index in [2.05, 4.69) is 13.8 Å². The molecule has 4 heteroatoms. The Hall–Kier alpha value is -1.29. The van der Waals surface area contributed by atoms with Gasteiger partial charge in [0.2, 0.25) is 0 Å². The van der Waals surface area contributed by atoms with Gasteiger partial charge in [-0.3, -0.25) is 0 Å². The Labute approximate surface area is 109 Å². The van der Waals surface area contributed by atoms with Gasteiger partial charge >= 0.3 is 5.97 Å². The first-order valence-electron chi connectivity index (χ1n) is 6.57. The molecule has 1 aliphatic rings. The van der Waals surface area contributed by atoms with Crippen LogP contribution in [0.2, 0.25) is 12.6 Å². The molecule has 0 bridgehead atoms. The van der Waals surface area contributed by atoms with Crippen molar-refractivity contribution < 1.29 is 14.2 Å². The summed E-state index contributed by atoms with van der Waals surface area (Å²) in [4.78, 5) is 12.1. The van der Waals surface area contributed by atoms with Crippen LogP contribution in [0.4, 0.5) is 0 Å². The molecule has 18 heavy (non-hydrogen) atoms. The van der Waals surface area contributed by atoms with E-state index < -0.39 is 5.60 Å². The summed E-state index contributed by atoms with van der Waals surface area (Å²) in [5.74, 6) is 0.376. The fourth-order valence-electron chi connectivity index (χ4n) is 2.31. The number of carbonyl (C=O) groups excluding carboxylic acids is 1. The van der Waals surface area contributed by atoms with Crippen LogP contribution in [0.3, 0.4) is 0 Å². The first kappa shape index (κ1) is 13.2. The molecule has 0 aromatic heterocycles. The van der Waals surface area contributed by atoms with Crippen molar-refractivity contribution in [3.63, 3.8) is 0 Å². The second-order valence-corrected chi connectivity index (χ2v) is 4.96. The van der Waals surface area contributed by atoms with Gasteiger partial charge in [-0.15, -0.1) is 0 Å². The summed E-state index contributed by atoms with van der Waals surface area (Å²) in [6.45, 7) is 6.07. The lowest BCUT2D eigenvalue weighted by Crippen LogP contribution is -2.49. The Morgan fingerprint density at radius 1 is 1.33 bits per heavy atom. The summed E-state index contributed by atoms with van der Waals surface area (Å²) < 4.78 is 11.3. The Morgan fingerprint density at radius 2 is 2.00 bits per heavy atom. The van der Waals surface area contributed by atoms with Gasteiger partial charge in [-0.25, -0.2) is 4.79 Å². The topological polar surface area (TPSA) is 35.5 Å². The zero-order valence-electron chi connectivity index (χ0n) is 11.2. The average molecular weight is 246 g/mol. The number of benzene rings is 1. The average Bonchev–Trinajstić information content (AvgIpc) is 2.37. The van der Waals surface area contributed by atoms with Crippen LogP contribution in [0.5, 0.6) is 5.75 Å². The van der Waals surface area contributed by atoms with E-state index in [0.717, 1.165) is 18.2 Å². The Balaban J connectivity index is 2.22. The third kappa shape index (κ3) is 2.44. The van der Waals surface area contributed by atoms with E-state index in [0.29, 0.717) is 12.2 Å². The molecule has 1 aliphatic heterocycles. The van der Waals surface area contributed by atoms with E-state index in [-0.39, 0.29) is 12.9 Å². The maximum absolute atomic E-state index is 12.1. The van der Waals surface area contributed by atoms with Crippen molar-refractivity contribution >= 4 is 12.9 Å². The molecule has 0 radical (unpaired) electrons. The van der Waals surface area contributed by atoms with E-state index in [9.17, 15) is 4.79 Å². The monoisotopic (exact) mass is 246 g/mol. The first-order chi connectivity index (χ1) is 8.59. The summed E-state index contributed by atoms with van der Waals surface area (Å²) in [7, 11) is 0. The van der Waals surface area contributed by atoms with E-state index in [1.807, 2.05) is 31.2 Å². The maximum atomic E-state index is 12.1. The lowest BCUT2D eigenvalue weighted by molar-refractivity contribution is -0.153. The molecular formula is C14H19BO3. The van der Waals surface area contributed by atoms with Gasteiger partial charge in [0, 0.05) is 6.42 Å². The van der Waals surface area contributed by atoms with Crippen LogP contribution in [0, 0.1) is 0 Å². The molecule has 0 saturated carbocycles. The molecule has 0 saturated heterocycles. The number of hydrogen-bond donors (Lipinski definition) is 0. The third-order valence-corrected chi connectivity index (χ3v) is 3.47. The Morgan fingerprint density at radius 3 is 2.67 bits per heavy atom. The van der Waals surface area contributed by atoms with Crippen LogP contribution in [0.15, 0.2) is 24.3 Å². The minimum absolute atomic E-state index is 0.104. The zero-order chi connectivity index (χ0) is 13.2. The molecule has 1 aromatic carbocycles. The van der Waals surface area contributed by atoms with Crippen molar-refractivity contribution in [1.29, 1.82) is 0 Å². The van der Waals surface area contributed by atoms with Gasteiger partial charge in [0.05, 0.1) is 0 Å². The minimum Gasteiger partial charge on any atom is -0.424 e. The standard InChI is InChI=1S/C14H19BO3/c1-4-15(5-2)18-14(3)10-11-8-6-7-9-12(11)17-13(14)16/h6-9H,4-5,10H2,1-3H3. The van der Waals surface area contributed by atoms with Gasteiger partial charge in [0.15, 0.2) is 5.60 Å². The van der Waals surface area contributed by atoms with E-state index >= 15 is 0 Å². The molecule has 1 heterocycles. The highest BCUT2D eigenvalue weighted by atomic mass is 16.6. The molecule has 1 aromatic rings. The number of ether oxygens (including phenoxy) is 1. The summed E-state index contributed by atoms with van der Waals surface area (Å²) in [5, 5.41) is 0. The van der Waals surface area contributed by atoms with Gasteiger partial charge in [-0.2, -0.15) is 0 Å². The number of hydrogen-bond acceptors (Lipinski definition) is 3. The molecule has 0 spiro atoms. The summed E-state index contributed by atoms with van der Waals surface area (Å²) in [6.07, 6.45) is 2.39. The van der Waals surface area contributed by atoms with Gasteiger partial charge in [0.25, 0.3) is 6.92 Å². The molecule has 0 fully saturated rings. The summed E-state index contributed by atoms with van der Waals surface area (Å²) >= 11 is 0. The molecule has 0 aliphatic carbocycles. The zero-order valence-corrected chi connectivity index (χ0v) is 11.2. The maximum Gasteiger partial charge on any atom is 0.342 e. The van der Waals surface area contributed by atoms with E-state index in [1.54, 1.807) is 0 Å². The van der Waals surface area contributed by atoms with Crippen molar-refractivity contribution in [1.82, 2.24) is 0 Å². The smallest absolute Gasteiger partial charge is 0.342 e. The normalized spacial score (nSPS) is 22.3. The van der Waals surface area contributed by atoms with Crippen molar-refractivity contribution in [3.8, 4) is 5.75 Å². The summed E-state index contributed by atoms with van der Waals surface area (Å²) in [6, 6.07) is 7.63. The molecule has 0 amide bonds. The van der Waals surface area contributed by atoms with Crippen LogP contribution in [0.1, 0.15) is 26.3 Å². The molecule has 1 unspecified atom stereocenters. The predicted octanol–water partition coefficient (Wildman–Crippen LogP) is 2.95.